The number of benzene rings is 1. The lowest BCUT2D eigenvalue weighted by Gasteiger charge is -2.31. The number of guanidine groups is 1. The van der Waals surface area contributed by atoms with E-state index >= 15 is 0 Å². The van der Waals surface area contributed by atoms with E-state index < -0.39 is 11.7 Å². The molecule has 0 saturated heterocycles. The predicted molar refractivity (Wildman–Crippen MR) is 116 cm³/mol. The van der Waals surface area contributed by atoms with Gasteiger partial charge in [0.05, 0.1) is 6.54 Å². The molecule has 0 aromatic heterocycles. The molecule has 0 fully saturated rings. The van der Waals surface area contributed by atoms with Crippen molar-refractivity contribution in [3.8, 4) is 0 Å². The Morgan fingerprint density at radius 1 is 1.23 bits per heavy atom. The van der Waals surface area contributed by atoms with Crippen molar-refractivity contribution >= 4 is 36.0 Å². The second kappa shape index (κ2) is 10.6. The monoisotopic (exact) mass is 474 g/mol. The molecule has 1 amide bonds. The molecule has 0 spiro atoms. The molecular weight excluding hydrogens is 443 g/mol. The van der Waals surface area contributed by atoms with Gasteiger partial charge in [0.2, 0.25) is 0 Å². The highest BCUT2D eigenvalue weighted by Crippen LogP contribution is 2.18. The fraction of sp³-hybridized carbons (Fsp3) is 0.579. The molecule has 0 radical (unpaired) electrons. The van der Waals surface area contributed by atoms with Gasteiger partial charge in [-0.1, -0.05) is 24.3 Å². The SMILES string of the molecule is CCNC(=NCCNC(=O)OC(C)(C)C)N1CCc2ccccc2C1.I. The van der Waals surface area contributed by atoms with E-state index in [4.69, 9.17) is 4.74 Å². The summed E-state index contributed by atoms with van der Waals surface area (Å²) in [5.41, 5.74) is 2.29. The zero-order valence-electron chi connectivity index (χ0n) is 16.2. The van der Waals surface area contributed by atoms with Crippen LogP contribution in [0.3, 0.4) is 0 Å². The van der Waals surface area contributed by atoms with E-state index in [-0.39, 0.29) is 24.0 Å². The van der Waals surface area contributed by atoms with Crippen LogP contribution in [-0.2, 0) is 17.7 Å². The van der Waals surface area contributed by atoms with E-state index in [1.165, 1.54) is 11.1 Å². The molecule has 1 aromatic carbocycles. The summed E-state index contributed by atoms with van der Waals surface area (Å²) in [6.45, 7) is 11.2. The molecule has 26 heavy (non-hydrogen) atoms. The molecule has 0 saturated carbocycles. The summed E-state index contributed by atoms with van der Waals surface area (Å²) in [5, 5.41) is 6.08. The lowest BCUT2D eigenvalue weighted by molar-refractivity contribution is 0.0529. The summed E-state index contributed by atoms with van der Waals surface area (Å²) in [6, 6.07) is 8.55. The smallest absolute Gasteiger partial charge is 0.407 e. The van der Waals surface area contributed by atoms with Crippen LogP contribution in [0.4, 0.5) is 4.79 Å². The highest BCUT2D eigenvalue weighted by molar-refractivity contribution is 14.0. The van der Waals surface area contributed by atoms with E-state index in [2.05, 4.69) is 51.7 Å². The molecule has 146 valence electrons. The summed E-state index contributed by atoms with van der Waals surface area (Å²) >= 11 is 0. The van der Waals surface area contributed by atoms with E-state index in [1.807, 2.05) is 20.8 Å². The van der Waals surface area contributed by atoms with Crippen molar-refractivity contribution in [2.45, 2.75) is 46.3 Å². The van der Waals surface area contributed by atoms with E-state index in [1.54, 1.807) is 0 Å². The fourth-order valence-electron chi connectivity index (χ4n) is 2.74. The van der Waals surface area contributed by atoms with Gasteiger partial charge in [-0.15, -0.1) is 24.0 Å². The van der Waals surface area contributed by atoms with Crippen LogP contribution in [0.15, 0.2) is 29.3 Å². The summed E-state index contributed by atoms with van der Waals surface area (Å²) in [6.07, 6.45) is 0.621. The van der Waals surface area contributed by atoms with Gasteiger partial charge in [0, 0.05) is 26.2 Å². The Morgan fingerprint density at radius 3 is 2.58 bits per heavy atom. The second-order valence-electron chi connectivity index (χ2n) is 7.10. The second-order valence-corrected chi connectivity index (χ2v) is 7.10. The Morgan fingerprint density at radius 2 is 1.92 bits per heavy atom. The average Bonchev–Trinajstić information content (AvgIpc) is 2.55. The maximum absolute atomic E-state index is 11.7. The Kier molecular flexibility index (Phi) is 9.18. The van der Waals surface area contributed by atoms with Gasteiger partial charge in [0.15, 0.2) is 5.96 Å². The number of amides is 1. The molecule has 1 aromatic rings. The maximum atomic E-state index is 11.7. The van der Waals surface area contributed by atoms with Gasteiger partial charge in [0.25, 0.3) is 0 Å². The van der Waals surface area contributed by atoms with Gasteiger partial charge < -0.3 is 20.3 Å². The minimum atomic E-state index is -0.483. The highest BCUT2D eigenvalue weighted by atomic mass is 127. The molecular formula is C19H31IN4O2. The lowest BCUT2D eigenvalue weighted by Crippen LogP contribution is -2.44. The van der Waals surface area contributed by atoms with Crippen molar-refractivity contribution in [2.75, 3.05) is 26.2 Å². The first-order chi connectivity index (χ1) is 11.9. The zero-order valence-corrected chi connectivity index (χ0v) is 18.5. The predicted octanol–water partition coefficient (Wildman–Crippen LogP) is 3.15. The highest BCUT2D eigenvalue weighted by Gasteiger charge is 2.19. The third kappa shape index (κ3) is 7.39. The number of aliphatic imine (C=N–C) groups is 1. The molecule has 7 heteroatoms. The summed E-state index contributed by atoms with van der Waals surface area (Å²) in [5.74, 6) is 0.892. The molecule has 0 aliphatic carbocycles. The summed E-state index contributed by atoms with van der Waals surface area (Å²) in [7, 11) is 0. The number of hydrogen-bond acceptors (Lipinski definition) is 3. The van der Waals surface area contributed by atoms with Crippen LogP contribution < -0.4 is 10.6 Å². The van der Waals surface area contributed by atoms with Crippen LogP contribution >= 0.6 is 24.0 Å². The minimum Gasteiger partial charge on any atom is -0.444 e. The third-order valence-corrected chi connectivity index (χ3v) is 3.81. The van der Waals surface area contributed by atoms with Crippen LogP contribution in [0.2, 0.25) is 0 Å². The largest absolute Gasteiger partial charge is 0.444 e. The minimum absolute atomic E-state index is 0. The average molecular weight is 474 g/mol. The number of fused-ring (bicyclic) bond motifs is 1. The molecule has 2 N–H and O–H groups in total. The topological polar surface area (TPSA) is 66.0 Å². The molecule has 0 bridgehead atoms. The number of hydrogen-bond donors (Lipinski definition) is 2. The summed E-state index contributed by atoms with van der Waals surface area (Å²) < 4.78 is 5.22. The van der Waals surface area contributed by atoms with Gasteiger partial charge >= 0.3 is 6.09 Å². The Hall–Kier alpha value is -1.51. The number of nitrogens with zero attached hydrogens (tertiary/aromatic N) is 2. The van der Waals surface area contributed by atoms with Gasteiger partial charge in [-0.2, -0.15) is 0 Å². The van der Waals surface area contributed by atoms with Crippen molar-refractivity contribution in [2.24, 2.45) is 4.99 Å². The number of nitrogens with one attached hydrogen (secondary N) is 2. The fourth-order valence-corrected chi connectivity index (χ4v) is 2.74. The Labute approximate surface area is 173 Å². The molecule has 1 aliphatic heterocycles. The standard InChI is InChI=1S/C19H30N4O2.HI/c1-5-20-17(21-11-12-22-18(24)25-19(2,3)4)23-13-10-15-8-6-7-9-16(15)14-23;/h6-9H,5,10-14H2,1-4H3,(H,20,21)(H,22,24);1H. The van der Waals surface area contributed by atoms with Gasteiger partial charge in [-0.25, -0.2) is 4.79 Å². The third-order valence-electron chi connectivity index (χ3n) is 3.81. The molecule has 6 nitrogen and oxygen atoms in total. The Bertz CT molecular complexity index is 614. The van der Waals surface area contributed by atoms with Gasteiger partial charge in [-0.3, -0.25) is 4.99 Å². The Balaban J connectivity index is 0.00000338. The first kappa shape index (κ1) is 22.5. The normalized spacial score (nSPS) is 14.2. The number of carbonyl (C=O) groups is 1. The number of carbonyl (C=O) groups excluding carboxylic acids is 1. The molecule has 0 atom stereocenters. The lowest BCUT2D eigenvalue weighted by atomic mass is 10.0. The van der Waals surface area contributed by atoms with E-state index in [0.717, 1.165) is 32.0 Å². The number of halogens is 1. The summed E-state index contributed by atoms with van der Waals surface area (Å²) in [4.78, 5) is 18.6. The van der Waals surface area contributed by atoms with Crippen molar-refractivity contribution in [3.05, 3.63) is 35.4 Å². The van der Waals surface area contributed by atoms with Gasteiger partial charge in [-0.05, 0) is 45.2 Å². The molecule has 1 heterocycles. The zero-order chi connectivity index (χ0) is 18.3. The number of ether oxygens (including phenoxy) is 1. The van der Waals surface area contributed by atoms with Crippen molar-refractivity contribution in [1.82, 2.24) is 15.5 Å². The van der Waals surface area contributed by atoms with E-state index in [0.29, 0.717) is 13.1 Å². The molecule has 2 rings (SSSR count). The van der Waals surface area contributed by atoms with Crippen LogP contribution in [0, 0.1) is 0 Å². The van der Waals surface area contributed by atoms with Gasteiger partial charge in [0.1, 0.15) is 5.60 Å². The maximum Gasteiger partial charge on any atom is 0.407 e. The number of rotatable bonds is 4. The van der Waals surface area contributed by atoms with Crippen molar-refractivity contribution in [3.63, 3.8) is 0 Å². The van der Waals surface area contributed by atoms with Crippen LogP contribution in [0.1, 0.15) is 38.8 Å². The van der Waals surface area contributed by atoms with Crippen molar-refractivity contribution in [1.29, 1.82) is 0 Å². The first-order valence-corrected chi connectivity index (χ1v) is 8.96. The van der Waals surface area contributed by atoms with Crippen LogP contribution in [0.5, 0.6) is 0 Å². The van der Waals surface area contributed by atoms with Crippen LogP contribution in [0.25, 0.3) is 0 Å². The number of alkyl carbamates (subject to hydrolysis) is 1. The van der Waals surface area contributed by atoms with Crippen LogP contribution in [-0.4, -0.2) is 48.7 Å². The van der Waals surface area contributed by atoms with Crippen molar-refractivity contribution < 1.29 is 9.53 Å². The molecule has 1 aliphatic rings. The van der Waals surface area contributed by atoms with E-state index in [9.17, 15) is 4.79 Å². The first-order valence-electron chi connectivity index (χ1n) is 8.96. The molecule has 0 unspecified atom stereocenters. The quantitative estimate of drug-likeness (QED) is 0.305.